The summed E-state index contributed by atoms with van der Waals surface area (Å²) >= 11 is 31.7. The second-order valence-electron chi connectivity index (χ2n) is 14.1. The maximum Gasteiger partial charge on any atom is 0.347 e. The van der Waals surface area contributed by atoms with Gasteiger partial charge >= 0.3 is 23.9 Å². The number of halogens is 5. The number of benzene rings is 3. The van der Waals surface area contributed by atoms with Crippen molar-refractivity contribution in [2.24, 2.45) is 0 Å². The third-order valence-electron chi connectivity index (χ3n) is 9.35. The number of fused-ring (bicyclic) bond motifs is 1. The van der Waals surface area contributed by atoms with E-state index < -0.39 is 53.9 Å². The van der Waals surface area contributed by atoms with Crippen molar-refractivity contribution >= 4 is 116 Å². The van der Waals surface area contributed by atoms with Gasteiger partial charge < -0.3 is 29.6 Å². The van der Waals surface area contributed by atoms with E-state index in [0.29, 0.717) is 6.42 Å². The average molecular weight is 958 g/mol. The van der Waals surface area contributed by atoms with E-state index in [0.717, 1.165) is 37.2 Å². The first-order valence-corrected chi connectivity index (χ1v) is 21.7. The number of methoxy groups -OCH3 is 1. The highest BCUT2D eigenvalue weighted by molar-refractivity contribution is 6.47. The molecule has 3 atom stereocenters. The van der Waals surface area contributed by atoms with Gasteiger partial charge in [0.05, 0.1) is 61.3 Å². The predicted octanol–water partition coefficient (Wildman–Crippen LogP) is 10.2. The Morgan fingerprint density at radius 3 is 1.58 bits per heavy atom. The van der Waals surface area contributed by atoms with E-state index in [4.69, 9.17) is 72.2 Å². The van der Waals surface area contributed by atoms with Crippen molar-refractivity contribution in [2.45, 2.75) is 103 Å². The molecule has 1 heterocycles. The van der Waals surface area contributed by atoms with Crippen LogP contribution in [0.3, 0.4) is 0 Å². The summed E-state index contributed by atoms with van der Waals surface area (Å²) in [7, 11) is 1.13. The first kappa shape index (κ1) is 50.0. The Bertz CT molecular complexity index is 2270. The number of carbonyl (C=O) groups is 6. The Morgan fingerprint density at radius 2 is 1.08 bits per heavy atom. The van der Waals surface area contributed by atoms with Gasteiger partial charge in [0, 0.05) is 0 Å². The van der Waals surface area contributed by atoms with Crippen molar-refractivity contribution in [3.63, 3.8) is 0 Å². The number of anilines is 2. The molecule has 1 aromatic heterocycles. The minimum Gasteiger partial charge on any atom is -0.466 e. The molecule has 0 saturated carbocycles. The third kappa shape index (κ3) is 13.9. The van der Waals surface area contributed by atoms with Gasteiger partial charge in [0.2, 0.25) is 6.04 Å². The van der Waals surface area contributed by atoms with Crippen molar-refractivity contribution < 1.29 is 47.7 Å². The molecule has 15 nitrogen and oxygen atoms in total. The van der Waals surface area contributed by atoms with Gasteiger partial charge in [-0.25, -0.2) is 19.2 Å². The van der Waals surface area contributed by atoms with Crippen LogP contribution in [0.4, 0.5) is 11.4 Å². The lowest BCUT2D eigenvalue weighted by atomic mass is 10.1. The van der Waals surface area contributed by atoms with Crippen molar-refractivity contribution in [3.05, 3.63) is 78.7 Å². The Labute approximate surface area is 383 Å². The topological polar surface area (TPSA) is 194 Å². The fourth-order valence-electron chi connectivity index (χ4n) is 5.93. The van der Waals surface area contributed by atoms with Crippen molar-refractivity contribution in [1.82, 2.24) is 15.0 Å². The van der Waals surface area contributed by atoms with E-state index in [9.17, 15) is 28.8 Å². The van der Waals surface area contributed by atoms with Gasteiger partial charge in [0.1, 0.15) is 11.0 Å². The molecule has 2 amide bonds. The molecule has 2 N–H and O–H groups in total. The molecule has 0 bridgehead atoms. The van der Waals surface area contributed by atoms with Crippen molar-refractivity contribution in [1.29, 1.82) is 0 Å². The molecular weight excluding hydrogens is 912 g/mol. The van der Waals surface area contributed by atoms with Crippen LogP contribution in [0.25, 0.3) is 11.0 Å². The third-order valence-corrected chi connectivity index (χ3v) is 11.1. The predicted molar refractivity (Wildman–Crippen MR) is 236 cm³/mol. The molecule has 0 fully saturated rings. The maximum atomic E-state index is 14.1. The molecule has 4 rings (SSSR count). The lowest BCUT2D eigenvalue weighted by molar-refractivity contribution is -0.153. The van der Waals surface area contributed by atoms with Crippen LogP contribution in [0.15, 0.2) is 42.5 Å². The number of nitrogens with zero attached hydrogens (tertiary/aromatic N) is 3. The Morgan fingerprint density at radius 1 is 0.613 bits per heavy atom. The van der Waals surface area contributed by atoms with Crippen molar-refractivity contribution in [3.8, 4) is 0 Å². The minimum atomic E-state index is -1.98. The fourth-order valence-corrected chi connectivity index (χ4v) is 6.93. The van der Waals surface area contributed by atoms with Crippen LogP contribution >= 0.6 is 58.0 Å². The van der Waals surface area contributed by atoms with Gasteiger partial charge in [-0.1, -0.05) is 123 Å². The molecule has 4 aromatic rings. The van der Waals surface area contributed by atoms with Crippen molar-refractivity contribution in [2.75, 3.05) is 24.4 Å². The zero-order valence-electron chi connectivity index (χ0n) is 34.4. The van der Waals surface area contributed by atoms with E-state index in [2.05, 4.69) is 32.5 Å². The van der Waals surface area contributed by atoms with Crippen LogP contribution < -0.4 is 10.6 Å². The largest absolute Gasteiger partial charge is 0.466 e. The van der Waals surface area contributed by atoms with Gasteiger partial charge in [-0.15, -0.1) is 0 Å². The molecule has 3 unspecified atom stereocenters. The number of hydrogen-bond acceptors (Lipinski definition) is 12. The van der Waals surface area contributed by atoms with Gasteiger partial charge in [-0.2, -0.15) is 15.0 Å². The number of ether oxygens (including phenoxy) is 4. The lowest BCUT2D eigenvalue weighted by Crippen LogP contribution is -2.37. The van der Waals surface area contributed by atoms with Gasteiger partial charge in [0.15, 0.2) is 12.2 Å². The summed E-state index contributed by atoms with van der Waals surface area (Å²) in [4.78, 5) is 79.3. The van der Waals surface area contributed by atoms with Crippen LogP contribution in [0, 0.1) is 0 Å². The highest BCUT2D eigenvalue weighted by atomic mass is 35.5. The van der Waals surface area contributed by atoms with Crippen LogP contribution in [0.1, 0.15) is 112 Å². The normalized spacial score (nSPS) is 12.5. The number of rotatable bonds is 22. The molecule has 0 aliphatic carbocycles. The molecule has 0 aliphatic rings. The first-order chi connectivity index (χ1) is 29.6. The summed E-state index contributed by atoms with van der Waals surface area (Å²) in [6.45, 7) is 5.07. The van der Waals surface area contributed by atoms with E-state index in [-0.39, 0.29) is 65.3 Å². The summed E-state index contributed by atoms with van der Waals surface area (Å²) in [5.41, 5.74) is -0.565. The second kappa shape index (κ2) is 24.2. The summed E-state index contributed by atoms with van der Waals surface area (Å²) in [6, 6.07) is 6.83. The first-order valence-electron chi connectivity index (χ1n) is 19.8. The molecule has 0 radical (unpaired) electrons. The molecule has 0 aliphatic heterocycles. The van der Waals surface area contributed by atoms with E-state index in [1.54, 1.807) is 0 Å². The highest BCUT2D eigenvalue weighted by Crippen LogP contribution is 2.35. The quantitative estimate of drug-likeness (QED) is 0.0249. The lowest BCUT2D eigenvalue weighted by Gasteiger charge is -2.18. The van der Waals surface area contributed by atoms with Gasteiger partial charge in [0.25, 0.3) is 11.8 Å². The van der Waals surface area contributed by atoms with E-state index in [1.165, 1.54) is 88.8 Å². The number of esters is 4. The van der Waals surface area contributed by atoms with Gasteiger partial charge in [-0.05, 0) is 62.7 Å². The fraction of sp³-hybridized carbons (Fsp3) is 0.429. The molecule has 3 aromatic carbocycles. The zero-order valence-corrected chi connectivity index (χ0v) is 38.1. The summed E-state index contributed by atoms with van der Waals surface area (Å²) < 4.78 is 20.4. The summed E-state index contributed by atoms with van der Waals surface area (Å²) in [5, 5.41) is 13.3. The van der Waals surface area contributed by atoms with Crippen LogP contribution in [-0.2, 0) is 38.1 Å². The highest BCUT2D eigenvalue weighted by Gasteiger charge is 2.34. The standard InChI is InChI=1S/C42H46Cl5N5O10/c1-5-6-7-8-9-10-11-12-13-14-19-60-40(56)24(3)62-42(58)26-16-18-28(44)32(21-26)49-38(54)36(52-50-34-30(46)22-29(45)33(47)35(34)51-52)37(53)48-31-20-25(15-17-27(31)43)41(57)61-23(2)39(55)59-4/h15-18,20-24,36H,5-14,19H2,1-4H3,(H,48,53)(H,49,54). The molecular formula is C42H46Cl5N5O10. The molecule has 62 heavy (non-hydrogen) atoms. The number of amides is 2. The van der Waals surface area contributed by atoms with Crippen LogP contribution in [-0.4, -0.2) is 76.6 Å². The number of carbonyl (C=O) groups excluding carboxylic acids is 6. The second-order valence-corrected chi connectivity index (χ2v) is 16.1. The monoisotopic (exact) mass is 955 g/mol. The SMILES string of the molecule is CCCCCCCCCCCCOC(=O)C(C)OC(=O)c1ccc(Cl)c(NC(=O)C(C(=O)Nc2cc(C(=O)OC(C)C(=O)OC)ccc2Cl)n2nc3c(Cl)cc(Cl)c(Cl)c3n2)c1. The average Bonchev–Trinajstić information content (AvgIpc) is 3.68. The number of nitrogens with one attached hydrogen (secondary N) is 2. The molecule has 0 saturated heterocycles. The Balaban J connectivity index is 1.49. The van der Waals surface area contributed by atoms with E-state index in [1.807, 2.05) is 0 Å². The maximum absolute atomic E-state index is 14.1. The minimum absolute atomic E-state index is 0.00169. The molecule has 20 heteroatoms. The Hall–Kier alpha value is -4.67. The van der Waals surface area contributed by atoms with Crippen LogP contribution in [0.2, 0.25) is 25.1 Å². The van der Waals surface area contributed by atoms with Gasteiger partial charge in [-0.3, -0.25) is 9.59 Å². The smallest absolute Gasteiger partial charge is 0.347 e. The number of aromatic nitrogens is 3. The summed E-state index contributed by atoms with van der Waals surface area (Å²) in [6.07, 6.45) is 8.73. The summed E-state index contributed by atoms with van der Waals surface area (Å²) in [5.74, 6) is -5.57. The number of unbranched alkanes of at least 4 members (excludes halogenated alkanes) is 9. The number of hydrogen-bond donors (Lipinski definition) is 2. The van der Waals surface area contributed by atoms with Crippen LogP contribution in [0.5, 0.6) is 0 Å². The van der Waals surface area contributed by atoms with E-state index >= 15 is 0 Å². The molecule has 0 spiro atoms. The molecule has 334 valence electrons. The zero-order chi connectivity index (χ0) is 45.5. The Kier molecular flexibility index (Phi) is 19.5.